The largest absolute Gasteiger partial charge is 0.378 e. The van der Waals surface area contributed by atoms with Crippen molar-refractivity contribution in [2.45, 2.75) is 39.2 Å². The van der Waals surface area contributed by atoms with Crippen LogP contribution in [-0.2, 0) is 9.53 Å². The zero-order chi connectivity index (χ0) is 16.9. The molecule has 1 aliphatic rings. The van der Waals surface area contributed by atoms with Gasteiger partial charge in [-0.05, 0) is 54.2 Å². The van der Waals surface area contributed by atoms with Gasteiger partial charge in [-0.2, -0.15) is 5.21 Å². The van der Waals surface area contributed by atoms with Crippen LogP contribution in [0, 0.1) is 11.8 Å². The van der Waals surface area contributed by atoms with Gasteiger partial charge in [-0.25, -0.2) is 0 Å². The molecule has 24 heavy (non-hydrogen) atoms. The van der Waals surface area contributed by atoms with E-state index in [1.807, 2.05) is 24.3 Å². The average Bonchev–Trinajstić information content (AvgIpc) is 3.10. The van der Waals surface area contributed by atoms with Crippen molar-refractivity contribution in [3.63, 3.8) is 0 Å². The summed E-state index contributed by atoms with van der Waals surface area (Å²) >= 11 is 0. The fourth-order valence-electron chi connectivity index (χ4n) is 3.01. The van der Waals surface area contributed by atoms with E-state index in [1.54, 1.807) is 0 Å². The lowest BCUT2D eigenvalue weighted by molar-refractivity contribution is -0.118. The Balaban J connectivity index is 1.53. The molecule has 0 unspecified atom stereocenters. The molecule has 0 bridgehead atoms. The number of carbonyl (C=O) groups is 1. The SMILES string of the molecule is CC(C)[C@H]1C[C@@H](CC(=O)Nc2ccc(-c3nn[nH]n3)cc2)CCO1. The van der Waals surface area contributed by atoms with E-state index >= 15 is 0 Å². The summed E-state index contributed by atoms with van der Waals surface area (Å²) in [6.07, 6.45) is 2.72. The number of anilines is 1. The first-order valence-corrected chi connectivity index (χ1v) is 8.37. The quantitative estimate of drug-likeness (QED) is 0.879. The number of nitrogens with one attached hydrogen (secondary N) is 2. The standard InChI is InChI=1S/C17H23N5O2/c1-11(2)15-9-12(7-8-24-15)10-16(23)18-14-5-3-13(4-6-14)17-19-21-22-20-17/h3-6,11-12,15H,7-10H2,1-2H3,(H,18,23)(H,19,20,21,22)/t12-,15+/m0/s1. The third-order valence-corrected chi connectivity index (χ3v) is 4.41. The Labute approximate surface area is 141 Å². The van der Waals surface area contributed by atoms with E-state index in [4.69, 9.17) is 4.74 Å². The summed E-state index contributed by atoms with van der Waals surface area (Å²) in [7, 11) is 0. The minimum Gasteiger partial charge on any atom is -0.378 e. The molecule has 128 valence electrons. The van der Waals surface area contributed by atoms with E-state index in [0.29, 0.717) is 24.1 Å². The van der Waals surface area contributed by atoms with E-state index in [2.05, 4.69) is 39.8 Å². The molecular weight excluding hydrogens is 306 g/mol. The first-order valence-electron chi connectivity index (χ1n) is 8.37. The molecule has 0 spiro atoms. The lowest BCUT2D eigenvalue weighted by Gasteiger charge is -2.31. The molecule has 3 rings (SSSR count). The van der Waals surface area contributed by atoms with Gasteiger partial charge in [0.1, 0.15) is 0 Å². The normalized spacial score (nSPS) is 21.0. The fraction of sp³-hybridized carbons (Fsp3) is 0.529. The van der Waals surface area contributed by atoms with Crippen LogP contribution in [0.1, 0.15) is 33.1 Å². The smallest absolute Gasteiger partial charge is 0.224 e. The number of tetrazole rings is 1. The molecule has 2 aromatic rings. The van der Waals surface area contributed by atoms with Gasteiger partial charge in [0.2, 0.25) is 11.7 Å². The number of aromatic nitrogens is 4. The highest BCUT2D eigenvalue weighted by molar-refractivity contribution is 5.91. The molecule has 1 amide bonds. The highest BCUT2D eigenvalue weighted by Gasteiger charge is 2.26. The van der Waals surface area contributed by atoms with E-state index < -0.39 is 0 Å². The zero-order valence-corrected chi connectivity index (χ0v) is 14.0. The summed E-state index contributed by atoms with van der Waals surface area (Å²) in [6.45, 7) is 5.08. The van der Waals surface area contributed by atoms with Crippen LogP contribution in [0.2, 0.25) is 0 Å². The number of H-pyrrole nitrogens is 1. The number of rotatable bonds is 5. The third kappa shape index (κ3) is 4.17. The molecule has 1 fully saturated rings. The van der Waals surface area contributed by atoms with Gasteiger partial charge in [0.25, 0.3) is 0 Å². The van der Waals surface area contributed by atoms with Gasteiger partial charge < -0.3 is 10.1 Å². The molecule has 1 aliphatic heterocycles. The molecule has 0 aliphatic carbocycles. The summed E-state index contributed by atoms with van der Waals surface area (Å²) in [5.41, 5.74) is 1.63. The van der Waals surface area contributed by atoms with Crippen molar-refractivity contribution < 1.29 is 9.53 Å². The summed E-state index contributed by atoms with van der Waals surface area (Å²) in [5, 5.41) is 16.8. The monoisotopic (exact) mass is 329 g/mol. The number of amides is 1. The lowest BCUT2D eigenvalue weighted by Crippen LogP contribution is -2.31. The van der Waals surface area contributed by atoms with E-state index in [-0.39, 0.29) is 12.0 Å². The van der Waals surface area contributed by atoms with Crippen LogP contribution in [0.15, 0.2) is 24.3 Å². The molecule has 1 aromatic heterocycles. The number of ether oxygens (including phenoxy) is 1. The van der Waals surface area contributed by atoms with Crippen LogP contribution in [0.25, 0.3) is 11.4 Å². The van der Waals surface area contributed by atoms with Crippen molar-refractivity contribution in [2.75, 3.05) is 11.9 Å². The Morgan fingerprint density at radius 2 is 2.17 bits per heavy atom. The van der Waals surface area contributed by atoms with Gasteiger partial charge in [0.15, 0.2) is 0 Å². The van der Waals surface area contributed by atoms with Gasteiger partial charge in [-0.1, -0.05) is 13.8 Å². The maximum Gasteiger partial charge on any atom is 0.224 e. The van der Waals surface area contributed by atoms with Crippen molar-refractivity contribution in [3.05, 3.63) is 24.3 Å². The Hall–Kier alpha value is -2.28. The molecule has 7 heteroatoms. The van der Waals surface area contributed by atoms with Gasteiger partial charge in [0.05, 0.1) is 6.10 Å². The second kappa shape index (κ2) is 7.53. The lowest BCUT2D eigenvalue weighted by atomic mass is 9.88. The molecule has 1 aromatic carbocycles. The van der Waals surface area contributed by atoms with Gasteiger partial charge in [0, 0.05) is 24.3 Å². The average molecular weight is 329 g/mol. The minimum absolute atomic E-state index is 0.0525. The molecule has 2 N–H and O–H groups in total. The number of nitrogens with zero attached hydrogens (tertiary/aromatic N) is 3. The van der Waals surface area contributed by atoms with Crippen LogP contribution < -0.4 is 5.32 Å². The van der Waals surface area contributed by atoms with Crippen LogP contribution in [0.5, 0.6) is 0 Å². The first kappa shape index (κ1) is 16.6. The van der Waals surface area contributed by atoms with Crippen molar-refractivity contribution in [3.8, 4) is 11.4 Å². The molecule has 0 saturated carbocycles. The van der Waals surface area contributed by atoms with Gasteiger partial charge >= 0.3 is 0 Å². The summed E-state index contributed by atoms with van der Waals surface area (Å²) < 4.78 is 5.77. The fourth-order valence-corrected chi connectivity index (χ4v) is 3.01. The Bertz CT molecular complexity index is 654. The molecule has 2 atom stereocenters. The maximum absolute atomic E-state index is 12.3. The minimum atomic E-state index is 0.0525. The van der Waals surface area contributed by atoms with Crippen molar-refractivity contribution in [1.29, 1.82) is 0 Å². The molecule has 0 radical (unpaired) electrons. The molecular formula is C17H23N5O2. The molecule has 1 saturated heterocycles. The number of hydrogen-bond acceptors (Lipinski definition) is 5. The summed E-state index contributed by atoms with van der Waals surface area (Å²) in [6, 6.07) is 7.43. The topological polar surface area (TPSA) is 92.8 Å². The zero-order valence-electron chi connectivity index (χ0n) is 14.0. The Morgan fingerprint density at radius 3 is 2.83 bits per heavy atom. The number of benzene rings is 1. The maximum atomic E-state index is 12.3. The van der Waals surface area contributed by atoms with E-state index in [0.717, 1.165) is 30.7 Å². The highest BCUT2D eigenvalue weighted by atomic mass is 16.5. The Morgan fingerprint density at radius 1 is 1.38 bits per heavy atom. The predicted molar refractivity (Wildman–Crippen MR) is 90.2 cm³/mol. The van der Waals surface area contributed by atoms with Crippen LogP contribution in [0.3, 0.4) is 0 Å². The van der Waals surface area contributed by atoms with Crippen molar-refractivity contribution >= 4 is 11.6 Å². The second-order valence-electron chi connectivity index (χ2n) is 6.61. The Kier molecular flexibility index (Phi) is 5.20. The molecule has 2 heterocycles. The number of aromatic amines is 1. The van der Waals surface area contributed by atoms with Crippen molar-refractivity contribution in [2.24, 2.45) is 11.8 Å². The van der Waals surface area contributed by atoms with E-state index in [1.165, 1.54) is 0 Å². The third-order valence-electron chi connectivity index (χ3n) is 4.41. The van der Waals surface area contributed by atoms with Crippen LogP contribution >= 0.6 is 0 Å². The summed E-state index contributed by atoms with van der Waals surface area (Å²) in [4.78, 5) is 12.3. The number of hydrogen-bond donors (Lipinski definition) is 2. The predicted octanol–water partition coefficient (Wildman–Crippen LogP) is 2.65. The van der Waals surface area contributed by atoms with Crippen LogP contribution in [0.4, 0.5) is 5.69 Å². The van der Waals surface area contributed by atoms with Crippen molar-refractivity contribution in [1.82, 2.24) is 20.6 Å². The second-order valence-corrected chi connectivity index (χ2v) is 6.61. The van der Waals surface area contributed by atoms with Gasteiger partial charge in [-0.15, -0.1) is 10.2 Å². The highest BCUT2D eigenvalue weighted by Crippen LogP contribution is 2.27. The first-order chi connectivity index (χ1) is 11.6. The summed E-state index contributed by atoms with van der Waals surface area (Å²) in [5.74, 6) is 1.48. The van der Waals surface area contributed by atoms with Crippen LogP contribution in [-0.4, -0.2) is 39.2 Å². The van der Waals surface area contributed by atoms with Gasteiger partial charge in [-0.3, -0.25) is 4.79 Å². The number of carbonyl (C=O) groups excluding carboxylic acids is 1. The molecule has 7 nitrogen and oxygen atoms in total. The van der Waals surface area contributed by atoms with E-state index in [9.17, 15) is 4.79 Å².